The predicted octanol–water partition coefficient (Wildman–Crippen LogP) is 1.76. The van der Waals surface area contributed by atoms with Gasteiger partial charge in [-0.2, -0.15) is 0 Å². The summed E-state index contributed by atoms with van der Waals surface area (Å²) in [5, 5.41) is 0. The fourth-order valence-electron chi connectivity index (χ4n) is 1.76. The van der Waals surface area contributed by atoms with E-state index in [1.54, 1.807) is 6.20 Å². The van der Waals surface area contributed by atoms with Gasteiger partial charge in [-0.05, 0) is 24.3 Å². The highest BCUT2D eigenvalue weighted by Gasteiger charge is 2.33. The Morgan fingerprint density at radius 3 is 2.86 bits per heavy atom. The summed E-state index contributed by atoms with van der Waals surface area (Å²) >= 11 is 0. The van der Waals surface area contributed by atoms with Crippen LogP contribution in [0.4, 0.5) is 11.4 Å². The van der Waals surface area contributed by atoms with Crippen LogP contribution in [0.15, 0.2) is 18.5 Å². The van der Waals surface area contributed by atoms with E-state index in [0.717, 1.165) is 29.8 Å². The Hall–Kier alpha value is -1.25. The summed E-state index contributed by atoms with van der Waals surface area (Å²) in [5.41, 5.74) is 7.53. The molecule has 1 aromatic rings. The first-order valence-electron chi connectivity index (χ1n) is 5.08. The molecule has 1 saturated carbocycles. The first-order valence-corrected chi connectivity index (χ1v) is 5.08. The van der Waals surface area contributed by atoms with Crippen molar-refractivity contribution in [1.82, 2.24) is 4.98 Å². The van der Waals surface area contributed by atoms with Crippen molar-refractivity contribution in [3.8, 4) is 0 Å². The summed E-state index contributed by atoms with van der Waals surface area (Å²) in [5.74, 6) is 1.76. The van der Waals surface area contributed by atoms with Gasteiger partial charge in [0.05, 0.1) is 17.6 Å². The molecule has 1 aliphatic rings. The molecule has 0 spiro atoms. The minimum Gasteiger partial charge on any atom is -0.397 e. The van der Waals surface area contributed by atoms with Crippen LogP contribution >= 0.6 is 0 Å². The van der Waals surface area contributed by atoms with E-state index in [9.17, 15) is 0 Å². The standard InChI is InChI=1S/C11H17N3/c1-8-3-9(8)7-14(2)11-4-10(12)5-13-6-11/h4-6,8-9H,3,7,12H2,1-2H3. The van der Waals surface area contributed by atoms with Crippen LogP contribution < -0.4 is 10.6 Å². The average Bonchev–Trinajstić information content (AvgIpc) is 2.81. The monoisotopic (exact) mass is 191 g/mol. The van der Waals surface area contributed by atoms with Crippen molar-refractivity contribution in [3.63, 3.8) is 0 Å². The molecular formula is C11H17N3. The lowest BCUT2D eigenvalue weighted by Crippen LogP contribution is -2.20. The quantitative estimate of drug-likeness (QED) is 0.791. The molecule has 76 valence electrons. The average molecular weight is 191 g/mol. The summed E-state index contributed by atoms with van der Waals surface area (Å²) in [4.78, 5) is 6.32. The summed E-state index contributed by atoms with van der Waals surface area (Å²) < 4.78 is 0. The minimum absolute atomic E-state index is 0.734. The van der Waals surface area contributed by atoms with E-state index in [1.807, 2.05) is 12.3 Å². The number of anilines is 2. The Kier molecular flexibility index (Phi) is 2.32. The topological polar surface area (TPSA) is 42.2 Å². The number of pyridine rings is 1. The van der Waals surface area contributed by atoms with Gasteiger partial charge in [-0.3, -0.25) is 4.98 Å². The second-order valence-electron chi connectivity index (χ2n) is 4.33. The second-order valence-corrected chi connectivity index (χ2v) is 4.33. The Morgan fingerprint density at radius 2 is 2.29 bits per heavy atom. The molecule has 1 aromatic heterocycles. The number of rotatable bonds is 3. The first kappa shape index (κ1) is 9.31. The summed E-state index contributed by atoms with van der Waals surface area (Å²) in [6.07, 6.45) is 4.90. The highest BCUT2D eigenvalue weighted by Crippen LogP contribution is 2.38. The third kappa shape index (κ3) is 1.97. The van der Waals surface area contributed by atoms with Crippen molar-refractivity contribution >= 4 is 11.4 Å². The molecule has 0 radical (unpaired) electrons. The molecule has 2 rings (SSSR count). The fraction of sp³-hybridized carbons (Fsp3) is 0.545. The molecular weight excluding hydrogens is 174 g/mol. The van der Waals surface area contributed by atoms with E-state index in [-0.39, 0.29) is 0 Å². The van der Waals surface area contributed by atoms with Gasteiger partial charge >= 0.3 is 0 Å². The highest BCUT2D eigenvalue weighted by atomic mass is 15.1. The normalized spacial score (nSPS) is 24.7. The van der Waals surface area contributed by atoms with E-state index in [2.05, 4.69) is 23.9 Å². The van der Waals surface area contributed by atoms with E-state index < -0.39 is 0 Å². The number of nitrogen functional groups attached to an aromatic ring is 1. The van der Waals surface area contributed by atoms with Gasteiger partial charge in [0.1, 0.15) is 0 Å². The lowest BCUT2D eigenvalue weighted by Gasteiger charge is -2.18. The number of nitrogens with two attached hydrogens (primary N) is 1. The number of aromatic nitrogens is 1. The molecule has 1 aliphatic carbocycles. The summed E-state index contributed by atoms with van der Waals surface area (Å²) in [6.45, 7) is 3.42. The molecule has 0 amide bonds. The van der Waals surface area contributed by atoms with Gasteiger partial charge in [-0.25, -0.2) is 0 Å². The second kappa shape index (κ2) is 3.48. The van der Waals surface area contributed by atoms with Crippen molar-refractivity contribution in [2.75, 3.05) is 24.2 Å². The van der Waals surface area contributed by atoms with Crippen molar-refractivity contribution in [2.45, 2.75) is 13.3 Å². The molecule has 1 fully saturated rings. The number of nitrogens with zero attached hydrogens (tertiary/aromatic N) is 2. The molecule has 0 bridgehead atoms. The summed E-state index contributed by atoms with van der Waals surface area (Å²) in [7, 11) is 2.10. The zero-order valence-electron chi connectivity index (χ0n) is 8.77. The Morgan fingerprint density at radius 1 is 1.57 bits per heavy atom. The maximum Gasteiger partial charge on any atom is 0.0570 e. The van der Waals surface area contributed by atoms with Gasteiger partial charge in [-0.1, -0.05) is 6.92 Å². The zero-order chi connectivity index (χ0) is 10.1. The van der Waals surface area contributed by atoms with Crippen molar-refractivity contribution in [2.24, 2.45) is 11.8 Å². The van der Waals surface area contributed by atoms with Gasteiger partial charge in [0.2, 0.25) is 0 Å². The molecule has 0 aliphatic heterocycles. The zero-order valence-corrected chi connectivity index (χ0v) is 8.77. The van der Waals surface area contributed by atoms with Crippen molar-refractivity contribution in [3.05, 3.63) is 18.5 Å². The number of hydrogen-bond acceptors (Lipinski definition) is 3. The van der Waals surface area contributed by atoms with E-state index in [1.165, 1.54) is 6.42 Å². The maximum absolute atomic E-state index is 5.68. The number of hydrogen-bond donors (Lipinski definition) is 1. The molecule has 2 N–H and O–H groups in total. The molecule has 2 unspecified atom stereocenters. The highest BCUT2D eigenvalue weighted by molar-refractivity contribution is 5.52. The van der Waals surface area contributed by atoms with Crippen LogP contribution in [-0.4, -0.2) is 18.6 Å². The Labute approximate surface area is 84.9 Å². The van der Waals surface area contributed by atoms with Gasteiger partial charge in [0, 0.05) is 19.8 Å². The van der Waals surface area contributed by atoms with Crippen LogP contribution in [-0.2, 0) is 0 Å². The fourth-order valence-corrected chi connectivity index (χ4v) is 1.76. The van der Waals surface area contributed by atoms with Crippen LogP contribution in [0, 0.1) is 11.8 Å². The SMILES string of the molecule is CC1CC1CN(C)c1cncc(N)c1. The molecule has 2 atom stereocenters. The van der Waals surface area contributed by atoms with E-state index >= 15 is 0 Å². The van der Waals surface area contributed by atoms with Gasteiger partial charge < -0.3 is 10.6 Å². The van der Waals surface area contributed by atoms with Crippen LogP contribution in [0.3, 0.4) is 0 Å². The third-order valence-corrected chi connectivity index (χ3v) is 2.97. The van der Waals surface area contributed by atoms with Gasteiger partial charge in [0.25, 0.3) is 0 Å². The van der Waals surface area contributed by atoms with Crippen LogP contribution in [0.5, 0.6) is 0 Å². The maximum atomic E-state index is 5.68. The third-order valence-electron chi connectivity index (χ3n) is 2.97. The van der Waals surface area contributed by atoms with Crippen molar-refractivity contribution < 1.29 is 0 Å². The van der Waals surface area contributed by atoms with Crippen molar-refractivity contribution in [1.29, 1.82) is 0 Å². The first-order chi connectivity index (χ1) is 6.66. The van der Waals surface area contributed by atoms with Gasteiger partial charge in [0.15, 0.2) is 0 Å². The molecule has 0 aromatic carbocycles. The molecule has 14 heavy (non-hydrogen) atoms. The molecule has 1 heterocycles. The lowest BCUT2D eigenvalue weighted by molar-refractivity contribution is 0.725. The molecule has 0 saturated heterocycles. The molecule has 3 heteroatoms. The predicted molar refractivity (Wildman–Crippen MR) is 59.2 cm³/mol. The van der Waals surface area contributed by atoms with E-state index in [0.29, 0.717) is 0 Å². The van der Waals surface area contributed by atoms with Crippen LogP contribution in [0.2, 0.25) is 0 Å². The largest absolute Gasteiger partial charge is 0.397 e. The van der Waals surface area contributed by atoms with Crippen LogP contribution in [0.25, 0.3) is 0 Å². The summed E-state index contributed by atoms with van der Waals surface area (Å²) in [6, 6.07) is 1.97. The lowest BCUT2D eigenvalue weighted by atomic mass is 10.3. The smallest absolute Gasteiger partial charge is 0.0570 e. The minimum atomic E-state index is 0.734. The Bertz CT molecular complexity index is 324. The van der Waals surface area contributed by atoms with Crippen LogP contribution in [0.1, 0.15) is 13.3 Å². The molecule has 3 nitrogen and oxygen atoms in total. The Balaban J connectivity index is 2.00. The van der Waals surface area contributed by atoms with Gasteiger partial charge in [-0.15, -0.1) is 0 Å². The van der Waals surface area contributed by atoms with E-state index in [4.69, 9.17) is 5.73 Å².